The predicted molar refractivity (Wildman–Crippen MR) is 77.3 cm³/mol. The van der Waals surface area contributed by atoms with Crippen molar-refractivity contribution in [1.29, 1.82) is 0 Å². The van der Waals surface area contributed by atoms with Gasteiger partial charge >= 0.3 is 0 Å². The van der Waals surface area contributed by atoms with E-state index in [1.54, 1.807) is 12.1 Å². The Labute approximate surface area is 121 Å². The number of hydrogen-bond acceptors (Lipinski definition) is 2. The Kier molecular flexibility index (Phi) is 5.47. The third kappa shape index (κ3) is 3.39. The van der Waals surface area contributed by atoms with Crippen LogP contribution in [-0.2, 0) is 0 Å². The molecule has 0 atom stereocenters. The summed E-state index contributed by atoms with van der Waals surface area (Å²) in [5.74, 6) is 0.00477. The summed E-state index contributed by atoms with van der Waals surface area (Å²) in [7, 11) is 0. The van der Waals surface area contributed by atoms with Crippen LogP contribution < -0.4 is 5.32 Å². The molecule has 0 heterocycles. The lowest BCUT2D eigenvalue weighted by molar-refractivity contribution is 0.0900. The maximum Gasteiger partial charge on any atom is 0.255 e. The van der Waals surface area contributed by atoms with E-state index in [9.17, 15) is 9.90 Å². The molecule has 100 valence electrons. The Hall–Kier alpha value is -0.740. The van der Waals surface area contributed by atoms with E-state index in [2.05, 4.69) is 21.2 Å². The van der Waals surface area contributed by atoms with Crippen LogP contribution >= 0.6 is 27.5 Å². The summed E-state index contributed by atoms with van der Waals surface area (Å²) >= 11 is 9.17. The van der Waals surface area contributed by atoms with Gasteiger partial charge < -0.3 is 10.4 Å². The zero-order valence-corrected chi connectivity index (χ0v) is 12.8. The van der Waals surface area contributed by atoms with Gasteiger partial charge in [-0.05, 0) is 31.0 Å². The van der Waals surface area contributed by atoms with Gasteiger partial charge in [0.15, 0.2) is 0 Å². The highest BCUT2D eigenvalue weighted by atomic mass is 79.9. The lowest BCUT2D eigenvalue weighted by Crippen LogP contribution is -2.49. The molecule has 1 amide bonds. The molecule has 1 aromatic rings. The average Bonchev–Trinajstić information content (AvgIpc) is 2.36. The molecule has 3 nitrogen and oxygen atoms in total. The maximum atomic E-state index is 12.1. The Balaban J connectivity index is 2.94. The van der Waals surface area contributed by atoms with Gasteiger partial charge in [0.1, 0.15) is 5.75 Å². The van der Waals surface area contributed by atoms with E-state index in [4.69, 9.17) is 11.6 Å². The van der Waals surface area contributed by atoms with Crippen molar-refractivity contribution in [2.45, 2.75) is 32.2 Å². The molecule has 0 spiro atoms. The van der Waals surface area contributed by atoms with Crippen molar-refractivity contribution in [3.05, 3.63) is 28.2 Å². The standard InChI is InChI=1S/C13H17BrClNO2/c1-3-13(4-2,8-15)16-12(18)10-6-5-9(14)7-11(10)17/h5-7,17H,3-4,8H2,1-2H3,(H,16,18). The van der Waals surface area contributed by atoms with Crippen molar-refractivity contribution < 1.29 is 9.90 Å². The molecule has 0 bridgehead atoms. The number of halogens is 2. The minimum absolute atomic E-state index is 0.0439. The van der Waals surface area contributed by atoms with Crippen LogP contribution in [-0.4, -0.2) is 22.4 Å². The van der Waals surface area contributed by atoms with E-state index in [1.165, 1.54) is 6.07 Å². The van der Waals surface area contributed by atoms with Crippen LogP contribution in [0.25, 0.3) is 0 Å². The number of hydrogen-bond donors (Lipinski definition) is 2. The normalized spacial score (nSPS) is 11.3. The molecule has 1 aromatic carbocycles. The number of rotatable bonds is 5. The van der Waals surface area contributed by atoms with Gasteiger partial charge in [-0.15, -0.1) is 11.6 Å². The largest absolute Gasteiger partial charge is 0.507 e. The Morgan fingerprint density at radius 3 is 2.50 bits per heavy atom. The van der Waals surface area contributed by atoms with Gasteiger partial charge in [0.25, 0.3) is 5.91 Å². The van der Waals surface area contributed by atoms with Crippen molar-refractivity contribution in [3.8, 4) is 5.75 Å². The highest BCUT2D eigenvalue weighted by Gasteiger charge is 2.28. The van der Waals surface area contributed by atoms with Crippen LogP contribution in [0.4, 0.5) is 0 Å². The Morgan fingerprint density at radius 1 is 1.44 bits per heavy atom. The minimum Gasteiger partial charge on any atom is -0.507 e. The number of benzene rings is 1. The van der Waals surface area contributed by atoms with Crippen LogP contribution in [0.3, 0.4) is 0 Å². The third-order valence-corrected chi connectivity index (χ3v) is 4.20. The molecule has 0 aromatic heterocycles. The summed E-state index contributed by atoms with van der Waals surface area (Å²) in [4.78, 5) is 12.1. The fraction of sp³-hybridized carbons (Fsp3) is 0.462. The Bertz CT molecular complexity index is 425. The predicted octanol–water partition coefficient (Wildman–Crippen LogP) is 3.68. The summed E-state index contributed by atoms with van der Waals surface area (Å²) in [6, 6.07) is 4.79. The first-order chi connectivity index (χ1) is 8.48. The summed E-state index contributed by atoms with van der Waals surface area (Å²) < 4.78 is 0.728. The minimum atomic E-state index is -0.418. The summed E-state index contributed by atoms with van der Waals surface area (Å²) in [5, 5.41) is 12.7. The third-order valence-electron chi connectivity index (χ3n) is 3.19. The van der Waals surface area contributed by atoms with Gasteiger partial charge in [0.2, 0.25) is 0 Å². The number of carbonyl (C=O) groups excluding carboxylic acids is 1. The number of phenolic OH excluding ortho intramolecular Hbond substituents is 1. The lowest BCUT2D eigenvalue weighted by atomic mass is 9.94. The van der Waals surface area contributed by atoms with Crippen LogP contribution in [0.1, 0.15) is 37.0 Å². The molecular formula is C13H17BrClNO2. The topological polar surface area (TPSA) is 49.3 Å². The van der Waals surface area contributed by atoms with E-state index in [0.29, 0.717) is 5.88 Å². The van der Waals surface area contributed by atoms with E-state index >= 15 is 0 Å². The first kappa shape index (κ1) is 15.3. The van der Waals surface area contributed by atoms with Gasteiger partial charge in [-0.2, -0.15) is 0 Å². The number of carbonyl (C=O) groups is 1. The molecule has 0 aliphatic rings. The maximum absolute atomic E-state index is 12.1. The second kappa shape index (κ2) is 6.43. The number of nitrogens with one attached hydrogen (secondary N) is 1. The highest BCUT2D eigenvalue weighted by molar-refractivity contribution is 9.10. The molecule has 0 aliphatic carbocycles. The fourth-order valence-corrected chi connectivity index (χ4v) is 2.45. The zero-order valence-electron chi connectivity index (χ0n) is 10.5. The van der Waals surface area contributed by atoms with Crippen molar-refractivity contribution in [2.24, 2.45) is 0 Å². The van der Waals surface area contributed by atoms with Gasteiger partial charge in [-0.1, -0.05) is 29.8 Å². The summed E-state index contributed by atoms with van der Waals surface area (Å²) in [6.07, 6.45) is 1.49. The molecule has 1 rings (SSSR count). The molecule has 0 fully saturated rings. The second-order valence-electron chi connectivity index (χ2n) is 4.24. The number of aromatic hydroxyl groups is 1. The van der Waals surface area contributed by atoms with Gasteiger partial charge in [0.05, 0.1) is 11.1 Å². The van der Waals surface area contributed by atoms with Gasteiger partial charge in [-0.3, -0.25) is 4.79 Å². The number of alkyl halides is 1. The van der Waals surface area contributed by atoms with Crippen molar-refractivity contribution in [1.82, 2.24) is 5.32 Å². The molecular weight excluding hydrogens is 318 g/mol. The Morgan fingerprint density at radius 2 is 2.06 bits per heavy atom. The smallest absolute Gasteiger partial charge is 0.255 e. The van der Waals surface area contributed by atoms with Crippen molar-refractivity contribution >= 4 is 33.4 Å². The van der Waals surface area contributed by atoms with Crippen LogP contribution in [0.2, 0.25) is 0 Å². The van der Waals surface area contributed by atoms with E-state index in [-0.39, 0.29) is 17.2 Å². The highest BCUT2D eigenvalue weighted by Crippen LogP contribution is 2.24. The molecule has 18 heavy (non-hydrogen) atoms. The molecule has 0 saturated carbocycles. The zero-order chi connectivity index (χ0) is 13.8. The van der Waals surface area contributed by atoms with Crippen LogP contribution in [0.5, 0.6) is 5.75 Å². The monoisotopic (exact) mass is 333 g/mol. The second-order valence-corrected chi connectivity index (χ2v) is 5.42. The van der Waals surface area contributed by atoms with Gasteiger partial charge in [0, 0.05) is 10.4 Å². The van der Waals surface area contributed by atoms with E-state index < -0.39 is 5.54 Å². The average molecular weight is 335 g/mol. The molecule has 0 aliphatic heterocycles. The fourth-order valence-electron chi connectivity index (χ4n) is 1.65. The van der Waals surface area contributed by atoms with Crippen LogP contribution in [0.15, 0.2) is 22.7 Å². The summed E-state index contributed by atoms with van der Waals surface area (Å²) in [6.45, 7) is 3.96. The van der Waals surface area contributed by atoms with Gasteiger partial charge in [-0.25, -0.2) is 0 Å². The van der Waals surface area contributed by atoms with E-state index in [0.717, 1.165) is 17.3 Å². The van der Waals surface area contributed by atoms with Crippen molar-refractivity contribution in [3.63, 3.8) is 0 Å². The first-order valence-electron chi connectivity index (χ1n) is 5.85. The molecule has 2 N–H and O–H groups in total. The SMILES string of the molecule is CCC(CC)(CCl)NC(=O)c1ccc(Br)cc1O. The molecule has 0 unspecified atom stereocenters. The van der Waals surface area contributed by atoms with Crippen molar-refractivity contribution in [2.75, 3.05) is 5.88 Å². The van der Waals surface area contributed by atoms with Crippen LogP contribution in [0, 0.1) is 0 Å². The molecule has 0 saturated heterocycles. The summed E-state index contributed by atoms with van der Waals surface area (Å²) in [5.41, 5.74) is -0.160. The van der Waals surface area contributed by atoms with E-state index in [1.807, 2.05) is 13.8 Å². The first-order valence-corrected chi connectivity index (χ1v) is 7.17. The number of phenols is 1. The molecule has 5 heteroatoms. The quantitative estimate of drug-likeness (QED) is 0.807. The molecule has 0 radical (unpaired) electrons. The lowest BCUT2D eigenvalue weighted by Gasteiger charge is -2.30. The number of amides is 1.